The minimum absolute atomic E-state index is 0.00170. The second-order valence-corrected chi connectivity index (χ2v) is 3.82. The summed E-state index contributed by atoms with van der Waals surface area (Å²) in [6.45, 7) is 0. The molecule has 0 unspecified atom stereocenters. The number of ether oxygens (including phenoxy) is 1. The summed E-state index contributed by atoms with van der Waals surface area (Å²) in [5, 5.41) is 9.05. The van der Waals surface area contributed by atoms with Crippen molar-refractivity contribution in [1.82, 2.24) is 0 Å². The van der Waals surface area contributed by atoms with Crippen LogP contribution in [0.4, 0.5) is 8.78 Å². The highest BCUT2D eigenvalue weighted by atomic mass is 19.1. The molecule has 1 N–H and O–H groups in total. The van der Waals surface area contributed by atoms with Gasteiger partial charge in [-0.15, -0.1) is 0 Å². The molecule has 2 aromatic rings. The quantitative estimate of drug-likeness (QED) is 0.924. The lowest BCUT2D eigenvalue weighted by atomic mass is 9.99. The SMILES string of the molecule is COc1cccc(-c2ccc(F)cc2C(=O)O)c1F. The van der Waals surface area contributed by atoms with E-state index in [2.05, 4.69) is 0 Å². The number of carbonyl (C=O) groups is 1. The molecule has 0 saturated carbocycles. The topological polar surface area (TPSA) is 46.5 Å². The van der Waals surface area contributed by atoms with Crippen molar-refractivity contribution in [2.75, 3.05) is 7.11 Å². The molecule has 2 aromatic carbocycles. The maximum Gasteiger partial charge on any atom is 0.336 e. The number of halogens is 2. The van der Waals surface area contributed by atoms with E-state index >= 15 is 0 Å². The molecular weight excluding hydrogens is 254 g/mol. The summed E-state index contributed by atoms with van der Waals surface area (Å²) in [6, 6.07) is 7.54. The second-order valence-electron chi connectivity index (χ2n) is 3.82. The molecule has 19 heavy (non-hydrogen) atoms. The van der Waals surface area contributed by atoms with Crippen molar-refractivity contribution in [3.05, 3.63) is 53.6 Å². The van der Waals surface area contributed by atoms with Crippen LogP contribution in [0.3, 0.4) is 0 Å². The Hall–Kier alpha value is -2.43. The van der Waals surface area contributed by atoms with Gasteiger partial charge in [-0.05, 0) is 23.8 Å². The van der Waals surface area contributed by atoms with Crippen LogP contribution >= 0.6 is 0 Å². The summed E-state index contributed by atoms with van der Waals surface area (Å²) in [4.78, 5) is 11.1. The van der Waals surface area contributed by atoms with Crippen LogP contribution in [-0.2, 0) is 0 Å². The van der Waals surface area contributed by atoms with Crippen molar-refractivity contribution < 1.29 is 23.4 Å². The Morgan fingerprint density at radius 2 is 1.89 bits per heavy atom. The van der Waals surface area contributed by atoms with Gasteiger partial charge in [-0.3, -0.25) is 0 Å². The van der Waals surface area contributed by atoms with Gasteiger partial charge in [0, 0.05) is 5.56 Å². The summed E-state index contributed by atoms with van der Waals surface area (Å²) in [5.74, 6) is -2.70. The first-order valence-electron chi connectivity index (χ1n) is 5.40. The van der Waals surface area contributed by atoms with E-state index < -0.39 is 17.6 Å². The molecule has 5 heteroatoms. The fourth-order valence-electron chi connectivity index (χ4n) is 1.80. The van der Waals surface area contributed by atoms with Crippen molar-refractivity contribution in [1.29, 1.82) is 0 Å². The smallest absolute Gasteiger partial charge is 0.336 e. The van der Waals surface area contributed by atoms with E-state index in [1.807, 2.05) is 0 Å². The van der Waals surface area contributed by atoms with E-state index in [1.54, 1.807) is 0 Å². The summed E-state index contributed by atoms with van der Waals surface area (Å²) in [7, 11) is 1.31. The van der Waals surface area contributed by atoms with Crippen LogP contribution in [0.15, 0.2) is 36.4 Å². The number of methoxy groups -OCH3 is 1. The molecule has 0 bridgehead atoms. The van der Waals surface area contributed by atoms with Gasteiger partial charge < -0.3 is 9.84 Å². The minimum atomic E-state index is -1.32. The first kappa shape index (κ1) is 13.0. The fourth-order valence-corrected chi connectivity index (χ4v) is 1.80. The largest absolute Gasteiger partial charge is 0.494 e. The molecule has 0 fully saturated rings. The third kappa shape index (κ3) is 2.40. The van der Waals surface area contributed by atoms with Crippen LogP contribution < -0.4 is 4.74 Å². The maximum atomic E-state index is 14.1. The Labute approximate surface area is 108 Å². The van der Waals surface area contributed by atoms with E-state index in [0.29, 0.717) is 0 Å². The van der Waals surface area contributed by atoms with Gasteiger partial charge >= 0.3 is 5.97 Å². The maximum absolute atomic E-state index is 14.1. The molecule has 0 atom stereocenters. The zero-order chi connectivity index (χ0) is 14.0. The zero-order valence-electron chi connectivity index (χ0n) is 9.98. The lowest BCUT2D eigenvalue weighted by Gasteiger charge is -2.10. The van der Waals surface area contributed by atoms with E-state index in [0.717, 1.165) is 12.1 Å². The average Bonchev–Trinajstić information content (AvgIpc) is 2.39. The van der Waals surface area contributed by atoms with E-state index in [9.17, 15) is 13.6 Å². The van der Waals surface area contributed by atoms with Crippen LogP contribution in [-0.4, -0.2) is 18.2 Å². The van der Waals surface area contributed by atoms with E-state index in [1.165, 1.54) is 31.4 Å². The van der Waals surface area contributed by atoms with Gasteiger partial charge in [-0.2, -0.15) is 0 Å². The lowest BCUT2D eigenvalue weighted by Crippen LogP contribution is -2.02. The van der Waals surface area contributed by atoms with Crippen molar-refractivity contribution in [3.8, 4) is 16.9 Å². The Bertz CT molecular complexity index is 639. The highest BCUT2D eigenvalue weighted by Gasteiger charge is 2.17. The molecule has 0 radical (unpaired) electrons. The van der Waals surface area contributed by atoms with Gasteiger partial charge in [0.25, 0.3) is 0 Å². The number of rotatable bonds is 3. The van der Waals surface area contributed by atoms with Crippen LogP contribution in [0.5, 0.6) is 5.75 Å². The first-order valence-corrected chi connectivity index (χ1v) is 5.40. The van der Waals surface area contributed by atoms with Gasteiger partial charge in [-0.25, -0.2) is 13.6 Å². The van der Waals surface area contributed by atoms with E-state index in [4.69, 9.17) is 9.84 Å². The summed E-state index contributed by atoms with van der Waals surface area (Å²) in [5.41, 5.74) is -0.144. The first-order chi connectivity index (χ1) is 9.04. The monoisotopic (exact) mass is 264 g/mol. The zero-order valence-corrected chi connectivity index (χ0v) is 9.98. The van der Waals surface area contributed by atoms with E-state index in [-0.39, 0.29) is 22.4 Å². The van der Waals surface area contributed by atoms with Gasteiger partial charge in [0.05, 0.1) is 12.7 Å². The van der Waals surface area contributed by atoms with Crippen LogP contribution in [0.2, 0.25) is 0 Å². The second kappa shape index (κ2) is 5.06. The van der Waals surface area contributed by atoms with Crippen LogP contribution in [0.25, 0.3) is 11.1 Å². The predicted molar refractivity (Wildman–Crippen MR) is 65.3 cm³/mol. The summed E-state index contributed by atoms with van der Waals surface area (Å²) >= 11 is 0. The van der Waals surface area contributed by atoms with Crippen molar-refractivity contribution in [3.63, 3.8) is 0 Å². The normalized spacial score (nSPS) is 10.3. The van der Waals surface area contributed by atoms with Crippen molar-refractivity contribution >= 4 is 5.97 Å². The third-order valence-electron chi connectivity index (χ3n) is 2.69. The van der Waals surface area contributed by atoms with Gasteiger partial charge in [-0.1, -0.05) is 18.2 Å². The fraction of sp³-hybridized carbons (Fsp3) is 0.0714. The minimum Gasteiger partial charge on any atom is -0.494 e. The molecule has 0 aliphatic heterocycles. The molecule has 2 rings (SSSR count). The average molecular weight is 264 g/mol. The molecule has 0 heterocycles. The number of aromatic carboxylic acids is 1. The number of hydrogen-bond donors (Lipinski definition) is 1. The standard InChI is InChI=1S/C14H10F2O3/c1-19-12-4-2-3-10(13(12)16)9-6-5-8(15)7-11(9)14(17)18/h2-7H,1H3,(H,17,18). The van der Waals surface area contributed by atoms with Crippen LogP contribution in [0, 0.1) is 11.6 Å². The molecular formula is C14H10F2O3. The van der Waals surface area contributed by atoms with Gasteiger partial charge in [0.1, 0.15) is 5.82 Å². The molecule has 0 aliphatic carbocycles. The van der Waals surface area contributed by atoms with Crippen molar-refractivity contribution in [2.45, 2.75) is 0 Å². The number of carboxylic acid groups (broad SMARTS) is 1. The molecule has 0 spiro atoms. The molecule has 3 nitrogen and oxygen atoms in total. The predicted octanol–water partition coefficient (Wildman–Crippen LogP) is 3.34. The number of carboxylic acids is 1. The summed E-state index contributed by atoms with van der Waals surface area (Å²) in [6.07, 6.45) is 0. The summed E-state index contributed by atoms with van der Waals surface area (Å²) < 4.78 is 32.0. The number of hydrogen-bond acceptors (Lipinski definition) is 2. The van der Waals surface area contributed by atoms with Gasteiger partial charge in [0.15, 0.2) is 11.6 Å². The Morgan fingerprint density at radius 1 is 1.16 bits per heavy atom. The Morgan fingerprint density at radius 3 is 2.53 bits per heavy atom. The highest BCUT2D eigenvalue weighted by molar-refractivity contribution is 5.96. The Kier molecular flexibility index (Phi) is 3.46. The molecule has 0 saturated heterocycles. The Balaban J connectivity index is 2.69. The van der Waals surface area contributed by atoms with Crippen molar-refractivity contribution in [2.24, 2.45) is 0 Å². The number of benzene rings is 2. The molecule has 0 aromatic heterocycles. The molecule has 0 aliphatic rings. The highest BCUT2D eigenvalue weighted by Crippen LogP contribution is 2.31. The molecule has 98 valence electrons. The third-order valence-corrected chi connectivity index (χ3v) is 2.69. The lowest BCUT2D eigenvalue weighted by molar-refractivity contribution is 0.0697. The van der Waals surface area contributed by atoms with Crippen LogP contribution in [0.1, 0.15) is 10.4 Å². The van der Waals surface area contributed by atoms with Gasteiger partial charge in [0.2, 0.25) is 0 Å². The molecule has 0 amide bonds.